The second kappa shape index (κ2) is 4.78. The van der Waals surface area contributed by atoms with Gasteiger partial charge in [-0.1, -0.05) is 12.1 Å². The van der Waals surface area contributed by atoms with Crippen molar-refractivity contribution in [3.8, 4) is 0 Å². The van der Waals surface area contributed by atoms with Gasteiger partial charge in [-0.15, -0.1) is 0 Å². The molecule has 96 valence electrons. The molecule has 1 amide bonds. The summed E-state index contributed by atoms with van der Waals surface area (Å²) >= 11 is 0. The van der Waals surface area contributed by atoms with Crippen LogP contribution < -0.4 is 11.1 Å². The number of nitrogens with one attached hydrogen (secondary N) is 1. The van der Waals surface area contributed by atoms with E-state index in [0.29, 0.717) is 23.1 Å². The number of carbonyl (C=O) groups is 1. The van der Waals surface area contributed by atoms with Crippen molar-refractivity contribution in [2.75, 3.05) is 6.54 Å². The molecule has 0 bridgehead atoms. The summed E-state index contributed by atoms with van der Waals surface area (Å²) < 4.78 is 15.2. The van der Waals surface area contributed by atoms with Crippen LogP contribution in [0.15, 0.2) is 24.3 Å². The summed E-state index contributed by atoms with van der Waals surface area (Å²) in [7, 11) is 1.67. The molecule has 0 saturated carbocycles. The van der Waals surface area contributed by atoms with Crippen molar-refractivity contribution < 1.29 is 9.18 Å². The maximum absolute atomic E-state index is 13.7. The third-order valence-corrected chi connectivity index (χ3v) is 2.82. The second-order valence-electron chi connectivity index (χ2n) is 4.45. The van der Waals surface area contributed by atoms with E-state index >= 15 is 0 Å². The number of rotatable bonds is 3. The lowest BCUT2D eigenvalue weighted by molar-refractivity contribution is 0.0944. The smallest absolute Gasteiger partial charge is 0.267 e. The van der Waals surface area contributed by atoms with Crippen molar-refractivity contribution in [2.45, 2.75) is 13.0 Å². The Labute approximate surface area is 105 Å². The molecule has 0 spiro atoms. The van der Waals surface area contributed by atoms with Crippen molar-refractivity contribution in [3.05, 3.63) is 35.8 Å². The molecule has 0 aliphatic heterocycles. The fourth-order valence-electron chi connectivity index (χ4n) is 1.93. The molecule has 0 saturated heterocycles. The Hall–Kier alpha value is -1.88. The van der Waals surface area contributed by atoms with Crippen molar-refractivity contribution in [2.24, 2.45) is 12.8 Å². The predicted octanol–water partition coefficient (Wildman–Crippen LogP) is 1.39. The van der Waals surface area contributed by atoms with Crippen molar-refractivity contribution in [1.82, 2.24) is 9.88 Å². The van der Waals surface area contributed by atoms with Crippen LogP contribution in [-0.2, 0) is 7.05 Å². The number of hydrogen-bond donors (Lipinski definition) is 2. The molecular formula is C13H16FN3O. The zero-order valence-electron chi connectivity index (χ0n) is 10.4. The number of aromatic nitrogens is 1. The summed E-state index contributed by atoms with van der Waals surface area (Å²) in [6.07, 6.45) is 0. The van der Waals surface area contributed by atoms with Gasteiger partial charge in [-0.05, 0) is 19.1 Å². The summed E-state index contributed by atoms with van der Waals surface area (Å²) in [5.41, 5.74) is 6.43. The molecule has 4 nitrogen and oxygen atoms in total. The topological polar surface area (TPSA) is 60.0 Å². The van der Waals surface area contributed by atoms with E-state index in [0.717, 1.165) is 0 Å². The number of nitrogens with two attached hydrogens (primary N) is 1. The Bertz CT molecular complexity index is 589. The molecule has 0 fully saturated rings. The molecule has 18 heavy (non-hydrogen) atoms. The molecule has 2 rings (SSSR count). The summed E-state index contributed by atoms with van der Waals surface area (Å²) in [5, 5.41) is 3.42. The number of hydrogen-bond acceptors (Lipinski definition) is 2. The van der Waals surface area contributed by atoms with Crippen LogP contribution in [0.2, 0.25) is 0 Å². The zero-order chi connectivity index (χ0) is 13.3. The van der Waals surface area contributed by atoms with Crippen LogP contribution in [0.1, 0.15) is 17.4 Å². The van der Waals surface area contributed by atoms with Crippen molar-refractivity contribution in [1.29, 1.82) is 0 Å². The van der Waals surface area contributed by atoms with Gasteiger partial charge in [0.25, 0.3) is 5.91 Å². The van der Waals surface area contributed by atoms with E-state index in [1.54, 1.807) is 36.7 Å². The number of halogens is 1. The number of amides is 1. The van der Waals surface area contributed by atoms with Crippen LogP contribution in [0, 0.1) is 5.82 Å². The quantitative estimate of drug-likeness (QED) is 0.863. The van der Waals surface area contributed by atoms with Crippen LogP contribution in [0.4, 0.5) is 4.39 Å². The maximum atomic E-state index is 13.7. The van der Waals surface area contributed by atoms with Gasteiger partial charge in [0, 0.05) is 25.0 Å². The maximum Gasteiger partial charge on any atom is 0.267 e. The minimum Gasteiger partial charge on any atom is -0.349 e. The predicted molar refractivity (Wildman–Crippen MR) is 68.9 cm³/mol. The average Bonchev–Trinajstić information content (AvgIpc) is 2.65. The number of fused-ring (bicyclic) bond motifs is 1. The number of nitrogens with zero attached hydrogens (tertiary/aromatic N) is 1. The first-order valence-corrected chi connectivity index (χ1v) is 5.78. The Morgan fingerprint density at radius 2 is 2.28 bits per heavy atom. The molecule has 0 radical (unpaired) electrons. The van der Waals surface area contributed by atoms with Gasteiger partial charge in [0.15, 0.2) is 0 Å². The normalized spacial score (nSPS) is 12.7. The number of aryl methyl sites for hydroxylation is 1. The van der Waals surface area contributed by atoms with Crippen LogP contribution in [0.3, 0.4) is 0 Å². The molecule has 1 aromatic carbocycles. The van der Waals surface area contributed by atoms with E-state index < -0.39 is 0 Å². The first-order valence-electron chi connectivity index (χ1n) is 5.78. The molecular weight excluding hydrogens is 233 g/mol. The van der Waals surface area contributed by atoms with E-state index in [-0.39, 0.29) is 17.8 Å². The summed E-state index contributed by atoms with van der Waals surface area (Å²) in [6.45, 7) is 2.20. The van der Waals surface area contributed by atoms with Gasteiger partial charge in [-0.3, -0.25) is 4.79 Å². The van der Waals surface area contributed by atoms with Gasteiger partial charge in [0.05, 0.1) is 5.52 Å². The van der Waals surface area contributed by atoms with Crippen LogP contribution in [0.25, 0.3) is 10.9 Å². The van der Waals surface area contributed by atoms with Gasteiger partial charge in [-0.2, -0.15) is 0 Å². The highest BCUT2D eigenvalue weighted by Gasteiger charge is 2.15. The SMILES string of the molecule is CC(N)CNC(=O)c1cc2cccc(F)c2n1C. The van der Waals surface area contributed by atoms with Crippen molar-refractivity contribution >= 4 is 16.8 Å². The van der Waals surface area contributed by atoms with Crippen LogP contribution in [-0.4, -0.2) is 23.1 Å². The molecule has 1 unspecified atom stereocenters. The van der Waals surface area contributed by atoms with Gasteiger partial charge < -0.3 is 15.6 Å². The Kier molecular flexibility index (Phi) is 3.34. The molecule has 5 heteroatoms. The number of benzene rings is 1. The van der Waals surface area contributed by atoms with Crippen molar-refractivity contribution in [3.63, 3.8) is 0 Å². The first kappa shape index (κ1) is 12.6. The molecule has 3 N–H and O–H groups in total. The minimum absolute atomic E-state index is 0.111. The first-order chi connectivity index (χ1) is 8.50. The van der Waals surface area contributed by atoms with E-state index in [4.69, 9.17) is 5.73 Å². The van der Waals surface area contributed by atoms with E-state index in [9.17, 15) is 9.18 Å². The number of carbonyl (C=O) groups excluding carboxylic acids is 1. The van der Waals surface area contributed by atoms with Crippen LogP contribution >= 0.6 is 0 Å². The fraction of sp³-hybridized carbons (Fsp3) is 0.308. The molecule has 1 heterocycles. The van der Waals surface area contributed by atoms with E-state index in [1.807, 2.05) is 0 Å². The average molecular weight is 249 g/mol. The minimum atomic E-state index is -0.332. The molecule has 0 aliphatic rings. The van der Waals surface area contributed by atoms with Gasteiger partial charge >= 0.3 is 0 Å². The standard InChI is InChI=1S/C13H16FN3O/c1-8(15)7-16-13(18)11-6-9-4-3-5-10(14)12(9)17(11)2/h3-6,8H,7,15H2,1-2H3,(H,16,18). The van der Waals surface area contributed by atoms with Gasteiger partial charge in [0.1, 0.15) is 11.5 Å². The Morgan fingerprint density at radius 3 is 2.89 bits per heavy atom. The van der Waals surface area contributed by atoms with Crippen LogP contribution in [0.5, 0.6) is 0 Å². The molecule has 0 aliphatic carbocycles. The molecule has 2 aromatic rings. The Balaban J connectivity index is 2.37. The largest absolute Gasteiger partial charge is 0.349 e. The lowest BCUT2D eigenvalue weighted by Crippen LogP contribution is -2.35. The molecule has 1 atom stereocenters. The third kappa shape index (κ3) is 2.22. The fourth-order valence-corrected chi connectivity index (χ4v) is 1.93. The number of para-hydroxylation sites is 1. The monoisotopic (exact) mass is 249 g/mol. The lowest BCUT2D eigenvalue weighted by Gasteiger charge is -2.08. The highest BCUT2D eigenvalue weighted by Crippen LogP contribution is 2.21. The molecule has 1 aromatic heterocycles. The van der Waals surface area contributed by atoms with Gasteiger partial charge in [0.2, 0.25) is 0 Å². The van der Waals surface area contributed by atoms with E-state index in [2.05, 4.69) is 5.32 Å². The lowest BCUT2D eigenvalue weighted by atomic mass is 10.2. The summed E-state index contributed by atoms with van der Waals surface area (Å²) in [6, 6.07) is 6.35. The summed E-state index contributed by atoms with van der Waals surface area (Å²) in [5.74, 6) is -0.577. The van der Waals surface area contributed by atoms with E-state index in [1.165, 1.54) is 6.07 Å². The third-order valence-electron chi connectivity index (χ3n) is 2.82. The Morgan fingerprint density at radius 1 is 1.56 bits per heavy atom. The zero-order valence-corrected chi connectivity index (χ0v) is 10.4. The van der Waals surface area contributed by atoms with Gasteiger partial charge in [-0.25, -0.2) is 4.39 Å². The second-order valence-corrected chi connectivity index (χ2v) is 4.45. The highest BCUT2D eigenvalue weighted by molar-refractivity contribution is 5.98. The highest BCUT2D eigenvalue weighted by atomic mass is 19.1. The summed E-state index contributed by atoms with van der Waals surface area (Å²) in [4.78, 5) is 11.9.